The summed E-state index contributed by atoms with van der Waals surface area (Å²) in [4.78, 5) is 19.1. The van der Waals surface area contributed by atoms with Crippen molar-refractivity contribution in [1.29, 1.82) is 0 Å². The molecule has 1 amide bonds. The number of halogens is 2. The summed E-state index contributed by atoms with van der Waals surface area (Å²) in [5.41, 5.74) is 3.04. The molecule has 0 N–H and O–H groups in total. The number of anilines is 1. The van der Waals surface area contributed by atoms with E-state index in [1.807, 2.05) is 49.5 Å². The second-order valence-electron chi connectivity index (χ2n) is 6.75. The fraction of sp³-hybridized carbons (Fsp3) is 0.190. The number of aromatic nitrogens is 1. The van der Waals surface area contributed by atoms with Crippen LogP contribution in [0.3, 0.4) is 0 Å². The van der Waals surface area contributed by atoms with E-state index in [2.05, 4.69) is 43.0 Å². The number of amides is 1. The number of carbonyl (C=O) groups excluding carboxylic acids is 1. The molecule has 5 nitrogen and oxygen atoms in total. The first-order valence-corrected chi connectivity index (χ1v) is 11.0. The summed E-state index contributed by atoms with van der Waals surface area (Å²) < 4.78 is 1.00. The van der Waals surface area contributed by atoms with Crippen LogP contribution in [0, 0.1) is 0 Å². The molecule has 4 rings (SSSR count). The Labute approximate surface area is 186 Å². The van der Waals surface area contributed by atoms with Crippen LogP contribution in [0.4, 0.5) is 5.13 Å². The van der Waals surface area contributed by atoms with Gasteiger partial charge in [0.1, 0.15) is 5.15 Å². The summed E-state index contributed by atoms with van der Waals surface area (Å²) in [6.45, 7) is 0.729. The number of carbonyl (C=O) groups is 1. The third-order valence-electron chi connectivity index (χ3n) is 4.72. The van der Waals surface area contributed by atoms with Gasteiger partial charge in [0.25, 0.3) is 0 Å². The lowest BCUT2D eigenvalue weighted by Crippen LogP contribution is -2.16. The molecule has 148 valence electrons. The second kappa shape index (κ2) is 8.65. The molecule has 0 bridgehead atoms. The van der Waals surface area contributed by atoms with Gasteiger partial charge in [0.05, 0.1) is 16.6 Å². The van der Waals surface area contributed by atoms with Crippen LogP contribution in [0.5, 0.6) is 0 Å². The topological polar surface area (TPSA) is 48.8 Å². The molecule has 0 aliphatic carbocycles. The zero-order valence-electron chi connectivity index (χ0n) is 15.6. The first-order valence-electron chi connectivity index (χ1n) is 9.03. The van der Waals surface area contributed by atoms with Gasteiger partial charge in [0, 0.05) is 24.5 Å². The van der Waals surface area contributed by atoms with E-state index in [9.17, 15) is 4.79 Å². The third-order valence-corrected chi connectivity index (χ3v) is 6.92. The SMILES string of the molecule is CN(Cc1ccccc1)c1nc(Cl)c(C2CC(c3ccc(Br)cc3)=NN2C=O)s1. The van der Waals surface area contributed by atoms with Crippen LogP contribution in [0.25, 0.3) is 0 Å². The van der Waals surface area contributed by atoms with E-state index < -0.39 is 0 Å². The minimum atomic E-state index is -0.241. The van der Waals surface area contributed by atoms with Gasteiger partial charge in [0.2, 0.25) is 6.41 Å². The molecule has 0 spiro atoms. The molecule has 3 aromatic rings. The van der Waals surface area contributed by atoms with Crippen molar-refractivity contribution in [2.45, 2.75) is 19.0 Å². The van der Waals surface area contributed by atoms with Gasteiger partial charge in [-0.3, -0.25) is 4.79 Å². The number of thiazole rings is 1. The van der Waals surface area contributed by atoms with Gasteiger partial charge in [-0.2, -0.15) is 5.10 Å². The molecular formula is C21H18BrClN4OS. The number of nitrogens with zero attached hydrogens (tertiary/aromatic N) is 4. The van der Waals surface area contributed by atoms with E-state index in [0.717, 1.165) is 38.7 Å². The van der Waals surface area contributed by atoms with Crippen molar-refractivity contribution in [2.75, 3.05) is 11.9 Å². The van der Waals surface area contributed by atoms with E-state index >= 15 is 0 Å². The molecular weight excluding hydrogens is 472 g/mol. The Morgan fingerprint density at radius 3 is 2.66 bits per heavy atom. The van der Waals surface area contributed by atoms with Gasteiger partial charge in [-0.05, 0) is 23.3 Å². The molecule has 0 fully saturated rings. The highest BCUT2D eigenvalue weighted by Gasteiger charge is 2.32. The molecule has 2 aromatic carbocycles. The molecule has 1 aromatic heterocycles. The lowest BCUT2D eigenvalue weighted by Gasteiger charge is -2.16. The number of hydrogen-bond donors (Lipinski definition) is 0. The molecule has 2 heterocycles. The van der Waals surface area contributed by atoms with Crippen molar-refractivity contribution in [2.24, 2.45) is 5.10 Å². The molecule has 1 atom stereocenters. The Morgan fingerprint density at radius 2 is 1.97 bits per heavy atom. The van der Waals surface area contributed by atoms with Gasteiger partial charge < -0.3 is 4.90 Å². The van der Waals surface area contributed by atoms with Crippen LogP contribution in [-0.2, 0) is 11.3 Å². The number of hydrogen-bond acceptors (Lipinski definition) is 5. The van der Waals surface area contributed by atoms with E-state index in [1.165, 1.54) is 21.9 Å². The monoisotopic (exact) mass is 488 g/mol. The standard InChI is InChI=1S/C21H18BrClN4OS/c1-26(12-14-5-3-2-4-6-14)21-24-20(23)19(29-21)18-11-17(25-27(18)13-28)15-7-9-16(22)10-8-15/h2-10,13,18H,11-12H2,1H3. The van der Waals surface area contributed by atoms with E-state index in [0.29, 0.717) is 11.6 Å². The zero-order chi connectivity index (χ0) is 20.4. The van der Waals surface area contributed by atoms with Crippen LogP contribution in [0.15, 0.2) is 64.2 Å². The fourth-order valence-electron chi connectivity index (χ4n) is 3.25. The first-order chi connectivity index (χ1) is 14.0. The maximum atomic E-state index is 11.7. The number of rotatable bonds is 6. The summed E-state index contributed by atoms with van der Waals surface area (Å²) >= 11 is 11.4. The van der Waals surface area contributed by atoms with Gasteiger partial charge in [0.15, 0.2) is 5.13 Å². The summed E-state index contributed by atoms with van der Waals surface area (Å²) in [5.74, 6) is 0. The largest absolute Gasteiger partial charge is 0.347 e. The fourth-order valence-corrected chi connectivity index (χ4v) is 4.90. The Hall–Kier alpha value is -2.22. The molecule has 0 saturated heterocycles. The van der Waals surface area contributed by atoms with Crippen molar-refractivity contribution in [3.8, 4) is 0 Å². The minimum Gasteiger partial charge on any atom is -0.347 e. The summed E-state index contributed by atoms with van der Waals surface area (Å²) in [6.07, 6.45) is 1.35. The average Bonchev–Trinajstić information content (AvgIpc) is 3.32. The highest BCUT2D eigenvalue weighted by Crippen LogP contribution is 2.41. The molecule has 0 saturated carbocycles. The van der Waals surface area contributed by atoms with Crippen LogP contribution < -0.4 is 4.90 Å². The molecule has 1 aliphatic heterocycles. The van der Waals surface area contributed by atoms with E-state index in [4.69, 9.17) is 11.6 Å². The van der Waals surface area contributed by atoms with Crippen LogP contribution in [-0.4, -0.2) is 29.2 Å². The maximum absolute atomic E-state index is 11.7. The summed E-state index contributed by atoms with van der Waals surface area (Å²) in [5, 5.41) is 7.18. The lowest BCUT2D eigenvalue weighted by atomic mass is 10.0. The van der Waals surface area contributed by atoms with Crippen molar-refractivity contribution in [1.82, 2.24) is 9.99 Å². The quantitative estimate of drug-likeness (QED) is 0.429. The molecule has 0 radical (unpaired) electrons. The van der Waals surface area contributed by atoms with Crippen LogP contribution in [0.2, 0.25) is 5.15 Å². The summed E-state index contributed by atoms with van der Waals surface area (Å²) in [7, 11) is 1.99. The molecule has 1 unspecified atom stereocenters. The average molecular weight is 490 g/mol. The van der Waals surface area contributed by atoms with Crippen molar-refractivity contribution >= 4 is 56.1 Å². The van der Waals surface area contributed by atoms with Crippen molar-refractivity contribution in [3.63, 3.8) is 0 Å². The minimum absolute atomic E-state index is 0.241. The van der Waals surface area contributed by atoms with Gasteiger partial charge in [-0.1, -0.05) is 81.3 Å². The second-order valence-corrected chi connectivity index (χ2v) is 9.03. The smallest absolute Gasteiger partial charge is 0.230 e. The Morgan fingerprint density at radius 1 is 1.24 bits per heavy atom. The van der Waals surface area contributed by atoms with Crippen molar-refractivity contribution in [3.05, 3.63) is 80.2 Å². The van der Waals surface area contributed by atoms with Gasteiger partial charge in [-0.15, -0.1) is 0 Å². The third kappa shape index (κ3) is 4.37. The van der Waals surface area contributed by atoms with Gasteiger partial charge >= 0.3 is 0 Å². The number of hydrazone groups is 1. The van der Waals surface area contributed by atoms with E-state index in [1.54, 1.807) is 0 Å². The first kappa shape index (κ1) is 20.1. The zero-order valence-corrected chi connectivity index (χ0v) is 18.8. The molecule has 1 aliphatic rings. The number of benzene rings is 2. The lowest BCUT2D eigenvalue weighted by molar-refractivity contribution is -0.119. The van der Waals surface area contributed by atoms with Crippen molar-refractivity contribution < 1.29 is 4.79 Å². The molecule has 8 heteroatoms. The Kier molecular flexibility index (Phi) is 5.99. The highest BCUT2D eigenvalue weighted by molar-refractivity contribution is 9.10. The summed E-state index contributed by atoms with van der Waals surface area (Å²) in [6, 6.07) is 17.9. The Bertz CT molecular complexity index is 1040. The predicted molar refractivity (Wildman–Crippen MR) is 122 cm³/mol. The maximum Gasteiger partial charge on any atom is 0.230 e. The van der Waals surface area contributed by atoms with E-state index in [-0.39, 0.29) is 6.04 Å². The normalized spacial score (nSPS) is 16.0. The highest BCUT2D eigenvalue weighted by atomic mass is 79.9. The van der Waals surface area contributed by atoms with Crippen LogP contribution >= 0.6 is 38.9 Å². The molecule has 29 heavy (non-hydrogen) atoms. The van der Waals surface area contributed by atoms with Gasteiger partial charge in [-0.25, -0.2) is 9.99 Å². The predicted octanol–water partition coefficient (Wildman–Crippen LogP) is 5.50. The Balaban J connectivity index is 1.55. The van der Waals surface area contributed by atoms with Crippen LogP contribution in [0.1, 0.15) is 28.5 Å².